The number of carbonyl (C=O) groups excluding carboxylic acids is 2. The summed E-state index contributed by atoms with van der Waals surface area (Å²) in [5.41, 5.74) is 1.61. The molecule has 0 aliphatic heterocycles. The third kappa shape index (κ3) is 8.37. The molecule has 3 rings (SSSR count). The second-order valence-electron chi connectivity index (χ2n) is 8.27. The number of anilines is 1. The zero-order chi connectivity index (χ0) is 24.2. The van der Waals surface area contributed by atoms with Crippen molar-refractivity contribution in [3.05, 3.63) is 90.5 Å². The Hall–Kier alpha value is -3.64. The Balaban J connectivity index is 1.60. The van der Waals surface area contributed by atoms with E-state index in [1.807, 2.05) is 74.5 Å². The first kappa shape index (κ1) is 25.0. The average molecular weight is 461 g/mol. The van der Waals surface area contributed by atoms with Crippen molar-refractivity contribution in [1.82, 2.24) is 5.32 Å². The third-order valence-electron chi connectivity index (χ3n) is 5.38. The summed E-state index contributed by atoms with van der Waals surface area (Å²) in [5, 5.41) is 5.70. The van der Waals surface area contributed by atoms with Gasteiger partial charge in [-0.15, -0.1) is 0 Å². The number of rotatable bonds is 12. The molecule has 0 radical (unpaired) electrons. The summed E-state index contributed by atoms with van der Waals surface area (Å²) in [6, 6.07) is 25.5. The summed E-state index contributed by atoms with van der Waals surface area (Å²) < 4.78 is 11.6. The highest BCUT2D eigenvalue weighted by molar-refractivity contribution is 5.97. The maximum Gasteiger partial charge on any atom is 0.249 e. The van der Waals surface area contributed by atoms with Crippen molar-refractivity contribution >= 4 is 17.5 Å². The van der Waals surface area contributed by atoms with Gasteiger partial charge >= 0.3 is 0 Å². The highest BCUT2D eigenvalue weighted by atomic mass is 16.5. The van der Waals surface area contributed by atoms with Crippen LogP contribution in [0.2, 0.25) is 0 Å². The van der Waals surface area contributed by atoms with Crippen LogP contribution in [0, 0.1) is 5.92 Å². The van der Waals surface area contributed by atoms with Gasteiger partial charge in [0, 0.05) is 12.1 Å². The Bertz CT molecular complexity index is 1020. The van der Waals surface area contributed by atoms with Crippen molar-refractivity contribution in [1.29, 1.82) is 0 Å². The van der Waals surface area contributed by atoms with Gasteiger partial charge in [0.15, 0.2) is 0 Å². The molecule has 2 unspecified atom stereocenters. The third-order valence-corrected chi connectivity index (χ3v) is 5.38. The Morgan fingerprint density at radius 1 is 0.853 bits per heavy atom. The van der Waals surface area contributed by atoms with Gasteiger partial charge < -0.3 is 20.1 Å². The van der Waals surface area contributed by atoms with E-state index in [2.05, 4.69) is 10.6 Å². The monoisotopic (exact) mass is 460 g/mol. The quantitative estimate of drug-likeness (QED) is 0.371. The summed E-state index contributed by atoms with van der Waals surface area (Å²) in [6.45, 7) is 4.48. The normalized spacial score (nSPS) is 12.4. The Morgan fingerprint density at radius 3 is 2.12 bits per heavy atom. The predicted octanol–water partition coefficient (Wildman–Crippen LogP) is 5.56. The lowest BCUT2D eigenvalue weighted by molar-refractivity contribution is -0.128. The fraction of sp³-hybridized carbons (Fsp3) is 0.286. The molecule has 0 aromatic heterocycles. The summed E-state index contributed by atoms with van der Waals surface area (Å²) in [4.78, 5) is 25.5. The molecule has 2 N–H and O–H groups in total. The Labute approximate surface area is 201 Å². The number of nitrogens with one attached hydrogen (secondary N) is 2. The number of hydrogen-bond acceptors (Lipinski definition) is 4. The van der Waals surface area contributed by atoms with Crippen molar-refractivity contribution in [2.24, 2.45) is 5.92 Å². The van der Waals surface area contributed by atoms with E-state index in [4.69, 9.17) is 9.47 Å². The second kappa shape index (κ2) is 13.2. The molecule has 0 aliphatic carbocycles. The molecule has 2 amide bonds. The van der Waals surface area contributed by atoms with E-state index in [1.54, 1.807) is 24.3 Å². The molecule has 3 aromatic rings. The van der Waals surface area contributed by atoms with Crippen molar-refractivity contribution in [3.8, 4) is 11.5 Å². The predicted molar refractivity (Wildman–Crippen MR) is 134 cm³/mol. The van der Waals surface area contributed by atoms with Crippen LogP contribution in [0.4, 0.5) is 5.69 Å². The van der Waals surface area contributed by atoms with E-state index in [-0.39, 0.29) is 24.3 Å². The highest BCUT2D eigenvalue weighted by Crippen LogP contribution is 2.22. The largest absolute Gasteiger partial charge is 0.457 e. The maximum absolute atomic E-state index is 13.0. The van der Waals surface area contributed by atoms with Gasteiger partial charge in [-0.25, -0.2) is 0 Å². The van der Waals surface area contributed by atoms with Gasteiger partial charge in [0.25, 0.3) is 0 Å². The number of amides is 2. The van der Waals surface area contributed by atoms with Crippen molar-refractivity contribution < 1.29 is 19.1 Å². The highest BCUT2D eigenvalue weighted by Gasteiger charge is 2.22. The summed E-state index contributed by atoms with van der Waals surface area (Å²) in [5.74, 6) is 1.14. The lowest BCUT2D eigenvalue weighted by atomic mass is 10.0. The first-order valence-electron chi connectivity index (χ1n) is 11.6. The minimum absolute atomic E-state index is 0.0716. The van der Waals surface area contributed by atoms with Gasteiger partial charge in [-0.2, -0.15) is 0 Å². The molecule has 0 bridgehead atoms. The first-order chi connectivity index (χ1) is 16.5. The topological polar surface area (TPSA) is 76.7 Å². The molecule has 6 nitrogen and oxygen atoms in total. The van der Waals surface area contributed by atoms with E-state index >= 15 is 0 Å². The van der Waals surface area contributed by atoms with Gasteiger partial charge in [0.1, 0.15) is 17.5 Å². The lowest BCUT2D eigenvalue weighted by Crippen LogP contribution is -2.47. The van der Waals surface area contributed by atoms with E-state index in [0.717, 1.165) is 17.7 Å². The zero-order valence-electron chi connectivity index (χ0n) is 19.7. The molecule has 6 heteroatoms. The summed E-state index contributed by atoms with van der Waals surface area (Å²) in [7, 11) is 0. The van der Waals surface area contributed by atoms with Crippen LogP contribution in [0.25, 0.3) is 0 Å². The van der Waals surface area contributed by atoms with Gasteiger partial charge in [0.2, 0.25) is 11.8 Å². The van der Waals surface area contributed by atoms with Crippen LogP contribution < -0.4 is 15.4 Å². The van der Waals surface area contributed by atoms with Crippen molar-refractivity contribution in [2.45, 2.75) is 39.3 Å². The minimum atomic E-state index is -0.805. The number of benzene rings is 3. The number of hydrogen-bond donors (Lipinski definition) is 2. The molecule has 34 heavy (non-hydrogen) atoms. The SMILES string of the molecule is CCC(C)CC(=O)NC(COCc1ccccc1)C(=O)Nc1ccc(Oc2ccccc2)cc1. The zero-order valence-corrected chi connectivity index (χ0v) is 19.7. The van der Waals surface area contributed by atoms with Crippen molar-refractivity contribution in [3.63, 3.8) is 0 Å². The molecular formula is C28H32N2O4. The summed E-state index contributed by atoms with van der Waals surface area (Å²) in [6.07, 6.45) is 1.26. The molecule has 0 saturated heterocycles. The fourth-order valence-electron chi connectivity index (χ4n) is 3.23. The summed E-state index contributed by atoms with van der Waals surface area (Å²) >= 11 is 0. The molecule has 178 valence electrons. The number of ether oxygens (including phenoxy) is 2. The number of para-hydroxylation sites is 1. The van der Waals surface area contributed by atoms with Gasteiger partial charge in [-0.1, -0.05) is 68.8 Å². The van der Waals surface area contributed by atoms with Crippen LogP contribution in [-0.4, -0.2) is 24.5 Å². The smallest absolute Gasteiger partial charge is 0.249 e. The molecule has 0 heterocycles. The van der Waals surface area contributed by atoms with Crippen LogP contribution >= 0.6 is 0 Å². The average Bonchev–Trinajstić information content (AvgIpc) is 2.85. The molecular weight excluding hydrogens is 428 g/mol. The van der Waals surface area contributed by atoms with Crippen LogP contribution in [0.3, 0.4) is 0 Å². The second-order valence-corrected chi connectivity index (χ2v) is 8.27. The van der Waals surface area contributed by atoms with E-state index in [9.17, 15) is 9.59 Å². The molecule has 0 spiro atoms. The van der Waals surface area contributed by atoms with Crippen LogP contribution in [0.1, 0.15) is 32.3 Å². The standard InChI is InChI=1S/C28H32N2O4/c1-3-21(2)18-27(31)30-26(20-33-19-22-10-6-4-7-11-22)28(32)29-23-14-16-25(17-15-23)34-24-12-8-5-9-13-24/h4-17,21,26H,3,18-20H2,1-2H3,(H,29,32)(H,30,31). The van der Waals surface area contributed by atoms with Gasteiger partial charge in [0.05, 0.1) is 13.2 Å². The molecule has 0 saturated carbocycles. The van der Waals surface area contributed by atoms with Crippen molar-refractivity contribution in [2.75, 3.05) is 11.9 Å². The lowest BCUT2D eigenvalue weighted by Gasteiger charge is -2.20. The Morgan fingerprint density at radius 2 is 1.47 bits per heavy atom. The first-order valence-corrected chi connectivity index (χ1v) is 11.6. The van der Waals surface area contributed by atoms with E-state index in [1.165, 1.54) is 0 Å². The fourth-order valence-corrected chi connectivity index (χ4v) is 3.23. The van der Waals surface area contributed by atoms with E-state index in [0.29, 0.717) is 24.5 Å². The number of carbonyl (C=O) groups is 2. The molecule has 2 atom stereocenters. The van der Waals surface area contributed by atoms with E-state index < -0.39 is 6.04 Å². The molecule has 0 fully saturated rings. The Kier molecular flexibility index (Phi) is 9.67. The molecule has 0 aliphatic rings. The van der Waals surface area contributed by atoms with Crippen LogP contribution in [0.15, 0.2) is 84.9 Å². The minimum Gasteiger partial charge on any atom is -0.457 e. The van der Waals surface area contributed by atoms with Gasteiger partial charge in [-0.3, -0.25) is 9.59 Å². The van der Waals surface area contributed by atoms with Gasteiger partial charge in [-0.05, 0) is 47.9 Å². The molecule has 3 aromatic carbocycles. The maximum atomic E-state index is 13.0. The van der Waals surface area contributed by atoms with Crippen LogP contribution in [-0.2, 0) is 20.9 Å². The van der Waals surface area contributed by atoms with Crippen LogP contribution in [0.5, 0.6) is 11.5 Å².